The molecule has 4 nitrogen and oxygen atoms in total. The molecular weight excluding hydrogens is 646 g/mol. The summed E-state index contributed by atoms with van der Waals surface area (Å²) in [4.78, 5) is 8.36. The molecule has 0 aromatic rings. The number of nitrogens with one attached hydrogen (secondary N) is 1. The Labute approximate surface area is 320 Å². The molecule has 0 aromatic heterocycles. The number of rotatable bonds is 3. The summed E-state index contributed by atoms with van der Waals surface area (Å²) < 4.78 is 9.50. The third-order valence-electron chi connectivity index (χ3n) is 16.5. The van der Waals surface area contributed by atoms with Gasteiger partial charge >= 0.3 is 0 Å². The van der Waals surface area contributed by atoms with E-state index in [1.54, 1.807) is 17.2 Å². The van der Waals surface area contributed by atoms with Crippen LogP contribution in [-0.2, 0) is 4.79 Å². The molecule has 0 heterocycles. The zero-order valence-electron chi connectivity index (χ0n) is 35.5. The predicted octanol–water partition coefficient (Wildman–Crippen LogP) is 12.5. The number of halogens is 1. The van der Waals surface area contributed by atoms with Crippen molar-refractivity contribution in [2.75, 3.05) is 13.7 Å². The van der Waals surface area contributed by atoms with Gasteiger partial charge < -0.3 is 15.5 Å². The highest BCUT2D eigenvalue weighted by Crippen LogP contribution is 2.76. The van der Waals surface area contributed by atoms with E-state index in [0.717, 1.165) is 54.9 Å². The maximum atomic E-state index is 9.50. The smallest absolute Gasteiger partial charge is 0.290 e. The Hall–Kier alpha value is -1.46. The van der Waals surface area contributed by atoms with Crippen LogP contribution >= 0.6 is 0 Å². The second kappa shape index (κ2) is 18.9. The number of aliphatic hydroxyl groups is 1. The molecule has 7 rings (SSSR count). The number of hydrogen-bond donors (Lipinski definition) is 3. The lowest BCUT2D eigenvalue weighted by molar-refractivity contribution is -0.218. The second-order valence-electron chi connectivity index (χ2n) is 19.4. The van der Waals surface area contributed by atoms with Crippen LogP contribution in [0.1, 0.15) is 171 Å². The topological polar surface area (TPSA) is 69.6 Å². The maximum absolute atomic E-state index is 9.50. The lowest BCUT2D eigenvalue weighted by Gasteiger charge is -2.72. The van der Waals surface area contributed by atoms with Crippen molar-refractivity contribution in [3.63, 3.8) is 0 Å². The summed E-state index contributed by atoms with van der Waals surface area (Å²) in [5, 5.41) is 20.0. The summed E-state index contributed by atoms with van der Waals surface area (Å²) >= 11 is 0. The summed E-state index contributed by atoms with van der Waals surface area (Å²) in [6.45, 7) is 26.8. The fourth-order valence-corrected chi connectivity index (χ4v) is 13.8. The number of carboxylic acid groups (broad SMARTS) is 1. The molecule has 7 aliphatic rings. The molecule has 300 valence electrons. The Morgan fingerprint density at radius 3 is 2.02 bits per heavy atom. The van der Waals surface area contributed by atoms with E-state index in [9.17, 15) is 4.39 Å². The van der Waals surface area contributed by atoms with Gasteiger partial charge in [-0.2, -0.15) is 0 Å². The minimum Gasteiger partial charge on any atom is -0.483 e. The van der Waals surface area contributed by atoms with Crippen molar-refractivity contribution in [1.82, 2.24) is 5.32 Å². The van der Waals surface area contributed by atoms with E-state index in [1.165, 1.54) is 96.3 Å². The number of alkyl halides is 1. The first-order valence-corrected chi connectivity index (χ1v) is 21.5. The third kappa shape index (κ3) is 8.66. The first-order valence-electron chi connectivity index (χ1n) is 21.5. The first kappa shape index (κ1) is 44.9. The summed E-state index contributed by atoms with van der Waals surface area (Å²) in [7, 11) is 0.500. The van der Waals surface area contributed by atoms with E-state index in [4.69, 9.17) is 15.0 Å². The highest BCUT2D eigenvalue weighted by molar-refractivity contribution is 5.41. The van der Waals surface area contributed by atoms with E-state index in [1.807, 2.05) is 6.92 Å². The van der Waals surface area contributed by atoms with E-state index >= 15 is 0 Å². The van der Waals surface area contributed by atoms with Crippen LogP contribution in [0, 0.1) is 57.2 Å². The second-order valence-corrected chi connectivity index (χ2v) is 19.4. The number of carbonyl (C=O) groups is 1. The van der Waals surface area contributed by atoms with E-state index in [-0.39, 0.29) is 12.6 Å². The normalized spacial score (nSPS) is 42.6. The van der Waals surface area contributed by atoms with Gasteiger partial charge in [0, 0.05) is 5.54 Å². The summed E-state index contributed by atoms with van der Waals surface area (Å²) in [6, 6.07) is 0. The lowest BCUT2D eigenvalue weighted by Crippen LogP contribution is -2.67. The Bertz CT molecular complexity index is 1190. The molecule has 9 atom stereocenters. The molecule has 7 aliphatic carbocycles. The van der Waals surface area contributed by atoms with Crippen LogP contribution in [0.3, 0.4) is 0 Å². The quantitative estimate of drug-likeness (QED) is 0.200. The van der Waals surface area contributed by atoms with Gasteiger partial charge in [0.25, 0.3) is 6.47 Å². The van der Waals surface area contributed by atoms with Crippen LogP contribution in [0.4, 0.5) is 4.39 Å². The summed E-state index contributed by atoms with van der Waals surface area (Å²) in [6.07, 6.45) is 30.2. The van der Waals surface area contributed by atoms with Crippen molar-refractivity contribution in [1.29, 1.82) is 0 Å². The zero-order valence-corrected chi connectivity index (χ0v) is 35.5. The molecule has 52 heavy (non-hydrogen) atoms. The summed E-state index contributed by atoms with van der Waals surface area (Å²) in [5.74, 6) is 5.31. The number of allylic oxidation sites excluding steroid dienone is 5. The molecule has 0 amide bonds. The van der Waals surface area contributed by atoms with Gasteiger partial charge in [-0.15, -0.1) is 6.58 Å². The molecule has 0 aliphatic heterocycles. The van der Waals surface area contributed by atoms with E-state index < -0.39 is 0 Å². The maximum Gasteiger partial charge on any atom is 0.290 e. The van der Waals surface area contributed by atoms with Gasteiger partial charge in [0.2, 0.25) is 0 Å². The summed E-state index contributed by atoms with van der Waals surface area (Å²) in [5.41, 5.74) is 5.74. The number of hydrogen-bond acceptors (Lipinski definition) is 3. The van der Waals surface area contributed by atoms with Gasteiger partial charge in [-0.05, 0) is 185 Å². The van der Waals surface area contributed by atoms with Crippen LogP contribution in [0.25, 0.3) is 0 Å². The Kier molecular flexibility index (Phi) is 16.4. The van der Waals surface area contributed by atoms with Gasteiger partial charge in [-0.1, -0.05) is 80.0 Å². The molecule has 5 saturated carbocycles. The SMILES string of the molecule is C=CC.CC1CCC(O)CC1.CCNC12CCCC1C1CCC3C4(C)CC=C(C5=CCC(C)CC5)C(C)(C)C4CCC3(C)[C@]1(C)CC2.CF.O=CO. The van der Waals surface area contributed by atoms with Crippen LogP contribution in [-0.4, -0.2) is 42.1 Å². The third-order valence-corrected chi connectivity index (χ3v) is 16.5. The zero-order chi connectivity index (χ0) is 39.0. The predicted molar refractivity (Wildman–Crippen MR) is 219 cm³/mol. The lowest BCUT2D eigenvalue weighted by atomic mass is 9.33. The van der Waals surface area contributed by atoms with Gasteiger partial charge in [0.05, 0.1) is 13.3 Å². The van der Waals surface area contributed by atoms with Crippen LogP contribution in [0.15, 0.2) is 36.0 Å². The molecule has 0 bridgehead atoms. The molecule has 8 unspecified atom stereocenters. The van der Waals surface area contributed by atoms with Crippen molar-refractivity contribution in [3.05, 3.63) is 36.0 Å². The van der Waals surface area contributed by atoms with Crippen molar-refractivity contribution < 1.29 is 19.4 Å². The standard InChI is InChI=1S/C35H57N.C7H14O.C3H6.CH3F.CH2O2/c1-8-36-35-19-9-10-28(35)27-15-16-30-32(5)20-17-26(25-13-11-24(2)12-14-25)31(3,4)29(32)18-21-34(30,7)33(27,6)22-23-35;1-6-2-4-7(8)5-3-6;1-3-2;1-2;2-1-3/h13,17,24,27-30,36H,8-12,14-16,18-23H2,1-7H3;6-8H,2-5H2,1H3;3H,1H2,2H3;1H3;1H,(H,2,3)/t24?,27?,28?,29?,30?,32?,33-,34?,35?;;;;/m1..../s1. The Morgan fingerprint density at radius 1 is 0.827 bits per heavy atom. The molecule has 5 fully saturated rings. The first-order chi connectivity index (χ1) is 24.6. The molecule has 3 N–H and O–H groups in total. The molecule has 0 radical (unpaired) electrons. The highest BCUT2D eigenvalue weighted by Gasteiger charge is 2.69. The van der Waals surface area contributed by atoms with Crippen molar-refractivity contribution in [2.24, 2.45) is 57.2 Å². The molecule has 0 aromatic carbocycles. The number of fused-ring (bicyclic) bond motifs is 7. The molecule has 0 spiro atoms. The average Bonchev–Trinajstić information content (AvgIpc) is 3.53. The highest BCUT2D eigenvalue weighted by atomic mass is 19.1. The largest absolute Gasteiger partial charge is 0.483 e. The molecular formula is C47H82FNO3. The van der Waals surface area contributed by atoms with Crippen LogP contribution in [0.5, 0.6) is 0 Å². The fraction of sp³-hybridized carbons (Fsp3) is 0.851. The van der Waals surface area contributed by atoms with Gasteiger partial charge in [-0.3, -0.25) is 9.18 Å². The fourth-order valence-electron chi connectivity index (χ4n) is 13.8. The van der Waals surface area contributed by atoms with E-state index in [0.29, 0.717) is 34.4 Å². The van der Waals surface area contributed by atoms with Crippen molar-refractivity contribution in [2.45, 2.75) is 183 Å². The number of aliphatic hydroxyl groups excluding tert-OH is 1. The van der Waals surface area contributed by atoms with Gasteiger partial charge in [0.15, 0.2) is 0 Å². The van der Waals surface area contributed by atoms with Crippen LogP contribution < -0.4 is 5.32 Å². The molecule has 0 saturated heterocycles. The minimum absolute atomic E-state index is 0.0196. The van der Waals surface area contributed by atoms with E-state index in [2.05, 4.69) is 79.4 Å². The van der Waals surface area contributed by atoms with Gasteiger partial charge in [-0.25, -0.2) is 0 Å². The van der Waals surface area contributed by atoms with Gasteiger partial charge in [0.1, 0.15) is 0 Å². The monoisotopic (exact) mass is 728 g/mol. The average molecular weight is 728 g/mol. The van der Waals surface area contributed by atoms with Crippen molar-refractivity contribution in [3.8, 4) is 0 Å². The van der Waals surface area contributed by atoms with Crippen LogP contribution in [0.2, 0.25) is 0 Å². The Morgan fingerprint density at radius 2 is 1.46 bits per heavy atom. The Balaban J connectivity index is 0.000000384. The molecule has 5 heteroatoms. The minimum atomic E-state index is -0.250. The van der Waals surface area contributed by atoms with Crippen molar-refractivity contribution >= 4 is 6.47 Å².